The zero-order chi connectivity index (χ0) is 8.81. The monoisotopic (exact) mass is 162 g/mol. The molecule has 0 saturated heterocycles. The molecule has 0 aliphatic carbocycles. The largest absolute Gasteiger partial charge is 0.479 e. The average Bonchev–Trinajstić information content (AvgIpc) is 2.16. The molecular weight excluding hydrogens is 152 g/mol. The highest BCUT2D eigenvalue weighted by Gasteiger charge is 2.01. The van der Waals surface area contributed by atoms with Crippen LogP contribution in [0.25, 0.3) is 0 Å². The highest BCUT2D eigenvalue weighted by atomic mass is 16.5. The quantitative estimate of drug-likeness (QED) is 0.498. The topological polar surface area (TPSA) is 26.3 Å². The molecule has 1 aromatic carbocycles. The SMILES string of the molecule is C=CC(C=O)Oc1ccccc1. The summed E-state index contributed by atoms with van der Waals surface area (Å²) in [5.74, 6) is 0.675. The molecule has 0 radical (unpaired) electrons. The van der Waals surface area contributed by atoms with Crippen molar-refractivity contribution in [3.05, 3.63) is 43.0 Å². The van der Waals surface area contributed by atoms with Crippen LogP contribution in [0.5, 0.6) is 5.75 Å². The van der Waals surface area contributed by atoms with E-state index >= 15 is 0 Å². The number of hydrogen-bond acceptors (Lipinski definition) is 2. The normalized spacial score (nSPS) is 11.7. The van der Waals surface area contributed by atoms with Gasteiger partial charge in [-0.15, -0.1) is 0 Å². The molecule has 0 heterocycles. The minimum Gasteiger partial charge on any atom is -0.479 e. The maximum absolute atomic E-state index is 10.3. The van der Waals surface area contributed by atoms with Crippen molar-refractivity contribution >= 4 is 6.29 Å². The molecule has 0 aromatic heterocycles. The van der Waals surface area contributed by atoms with E-state index in [2.05, 4.69) is 6.58 Å². The molecule has 62 valence electrons. The Morgan fingerprint density at radius 2 is 2.00 bits per heavy atom. The molecule has 1 aromatic rings. The van der Waals surface area contributed by atoms with Crippen LogP contribution in [0, 0.1) is 0 Å². The van der Waals surface area contributed by atoms with Crippen LogP contribution in [0.2, 0.25) is 0 Å². The van der Waals surface area contributed by atoms with Crippen LogP contribution in [-0.2, 0) is 4.79 Å². The molecular formula is C10H10O2. The van der Waals surface area contributed by atoms with Crippen LogP contribution in [0.1, 0.15) is 0 Å². The van der Waals surface area contributed by atoms with Crippen LogP contribution in [0.4, 0.5) is 0 Å². The van der Waals surface area contributed by atoms with Crippen LogP contribution >= 0.6 is 0 Å². The Labute approximate surface area is 71.5 Å². The van der Waals surface area contributed by atoms with Crippen molar-refractivity contribution in [2.75, 3.05) is 0 Å². The third-order valence-electron chi connectivity index (χ3n) is 1.38. The Kier molecular flexibility index (Phi) is 3.08. The maximum Gasteiger partial charge on any atom is 0.172 e. The fourth-order valence-corrected chi connectivity index (χ4v) is 0.788. The Balaban J connectivity index is 2.62. The molecule has 1 rings (SSSR count). The van der Waals surface area contributed by atoms with Gasteiger partial charge in [0.05, 0.1) is 0 Å². The second kappa shape index (κ2) is 4.34. The number of para-hydroxylation sites is 1. The van der Waals surface area contributed by atoms with Crippen molar-refractivity contribution < 1.29 is 9.53 Å². The molecule has 2 heteroatoms. The van der Waals surface area contributed by atoms with E-state index in [0.29, 0.717) is 12.0 Å². The van der Waals surface area contributed by atoms with Gasteiger partial charge in [0.1, 0.15) is 5.75 Å². The Bertz CT molecular complexity index is 246. The Morgan fingerprint density at radius 1 is 1.33 bits per heavy atom. The highest BCUT2D eigenvalue weighted by Crippen LogP contribution is 2.10. The molecule has 1 unspecified atom stereocenters. The minimum atomic E-state index is -0.549. The molecule has 12 heavy (non-hydrogen) atoms. The molecule has 0 aliphatic rings. The summed E-state index contributed by atoms with van der Waals surface area (Å²) in [6.07, 6.45) is 1.62. The van der Waals surface area contributed by atoms with Crippen molar-refractivity contribution in [1.82, 2.24) is 0 Å². The van der Waals surface area contributed by atoms with Gasteiger partial charge in [-0.25, -0.2) is 0 Å². The number of ether oxygens (including phenoxy) is 1. The van der Waals surface area contributed by atoms with E-state index in [9.17, 15) is 4.79 Å². The summed E-state index contributed by atoms with van der Waals surface area (Å²) in [6, 6.07) is 9.16. The van der Waals surface area contributed by atoms with Gasteiger partial charge < -0.3 is 4.74 Å². The van der Waals surface area contributed by atoms with Gasteiger partial charge in [-0.1, -0.05) is 24.8 Å². The van der Waals surface area contributed by atoms with E-state index in [1.807, 2.05) is 18.2 Å². The van der Waals surface area contributed by atoms with Crippen molar-refractivity contribution in [1.29, 1.82) is 0 Å². The molecule has 0 aliphatic heterocycles. The molecule has 2 nitrogen and oxygen atoms in total. The van der Waals surface area contributed by atoms with Crippen LogP contribution in [-0.4, -0.2) is 12.4 Å². The van der Waals surface area contributed by atoms with E-state index in [1.165, 1.54) is 6.08 Å². The van der Waals surface area contributed by atoms with Gasteiger partial charge in [-0.2, -0.15) is 0 Å². The summed E-state index contributed by atoms with van der Waals surface area (Å²) < 4.78 is 5.23. The van der Waals surface area contributed by atoms with Gasteiger partial charge in [0.2, 0.25) is 0 Å². The van der Waals surface area contributed by atoms with Crippen LogP contribution in [0.15, 0.2) is 43.0 Å². The Morgan fingerprint density at radius 3 is 2.50 bits per heavy atom. The lowest BCUT2D eigenvalue weighted by Gasteiger charge is -2.07. The lowest BCUT2D eigenvalue weighted by atomic mass is 10.3. The third kappa shape index (κ3) is 2.23. The first-order valence-corrected chi connectivity index (χ1v) is 3.66. The first kappa shape index (κ1) is 8.53. The molecule has 0 amide bonds. The lowest BCUT2D eigenvalue weighted by molar-refractivity contribution is -0.112. The number of benzene rings is 1. The fraction of sp³-hybridized carbons (Fsp3) is 0.100. The van der Waals surface area contributed by atoms with Crippen LogP contribution < -0.4 is 4.74 Å². The molecule has 0 bridgehead atoms. The zero-order valence-corrected chi connectivity index (χ0v) is 6.64. The number of aldehydes is 1. The van der Waals surface area contributed by atoms with E-state index in [0.717, 1.165) is 0 Å². The first-order chi connectivity index (χ1) is 5.86. The molecule has 0 saturated carbocycles. The lowest BCUT2D eigenvalue weighted by Crippen LogP contribution is -2.13. The maximum atomic E-state index is 10.3. The van der Waals surface area contributed by atoms with Crippen molar-refractivity contribution in [3.8, 4) is 5.75 Å². The fourth-order valence-electron chi connectivity index (χ4n) is 0.788. The highest BCUT2D eigenvalue weighted by molar-refractivity contribution is 5.59. The molecule has 0 spiro atoms. The second-order valence-corrected chi connectivity index (χ2v) is 2.27. The number of hydrogen-bond donors (Lipinski definition) is 0. The second-order valence-electron chi connectivity index (χ2n) is 2.27. The summed E-state index contributed by atoms with van der Waals surface area (Å²) in [6.45, 7) is 3.47. The zero-order valence-electron chi connectivity index (χ0n) is 6.64. The van der Waals surface area contributed by atoms with E-state index in [-0.39, 0.29) is 0 Å². The average molecular weight is 162 g/mol. The van der Waals surface area contributed by atoms with Gasteiger partial charge in [0.25, 0.3) is 0 Å². The summed E-state index contributed by atoms with van der Waals surface area (Å²) in [4.78, 5) is 10.3. The van der Waals surface area contributed by atoms with E-state index in [1.54, 1.807) is 12.1 Å². The predicted octanol–water partition coefficient (Wildman–Crippen LogP) is 1.82. The van der Waals surface area contributed by atoms with E-state index in [4.69, 9.17) is 4.74 Å². The van der Waals surface area contributed by atoms with Gasteiger partial charge in [-0.05, 0) is 18.2 Å². The Hall–Kier alpha value is -1.57. The van der Waals surface area contributed by atoms with Gasteiger partial charge in [0.15, 0.2) is 12.4 Å². The molecule has 1 atom stereocenters. The smallest absolute Gasteiger partial charge is 0.172 e. The van der Waals surface area contributed by atoms with Gasteiger partial charge in [-0.3, -0.25) is 4.79 Å². The summed E-state index contributed by atoms with van der Waals surface area (Å²) in [7, 11) is 0. The van der Waals surface area contributed by atoms with Crippen molar-refractivity contribution in [2.45, 2.75) is 6.10 Å². The molecule has 0 fully saturated rings. The standard InChI is InChI=1S/C10H10O2/c1-2-9(8-11)12-10-6-4-3-5-7-10/h2-9H,1H2. The number of carbonyl (C=O) groups is 1. The van der Waals surface area contributed by atoms with Gasteiger partial charge >= 0.3 is 0 Å². The summed E-state index contributed by atoms with van der Waals surface area (Å²) in [5, 5.41) is 0. The predicted molar refractivity (Wildman–Crippen MR) is 47.1 cm³/mol. The number of rotatable bonds is 4. The van der Waals surface area contributed by atoms with Gasteiger partial charge in [0, 0.05) is 0 Å². The molecule has 0 N–H and O–H groups in total. The summed E-state index contributed by atoms with van der Waals surface area (Å²) >= 11 is 0. The van der Waals surface area contributed by atoms with Crippen LogP contribution in [0.3, 0.4) is 0 Å². The van der Waals surface area contributed by atoms with Crippen molar-refractivity contribution in [3.63, 3.8) is 0 Å². The first-order valence-electron chi connectivity index (χ1n) is 3.66. The third-order valence-corrected chi connectivity index (χ3v) is 1.38. The van der Waals surface area contributed by atoms with Crippen molar-refractivity contribution in [2.24, 2.45) is 0 Å². The summed E-state index contributed by atoms with van der Waals surface area (Å²) in [5.41, 5.74) is 0. The minimum absolute atomic E-state index is 0.549. The van der Waals surface area contributed by atoms with E-state index < -0.39 is 6.10 Å². The number of carbonyl (C=O) groups excluding carboxylic acids is 1.